The number of hydrogen-bond acceptors (Lipinski definition) is 3. The number of fused-ring (bicyclic) bond motifs is 1. The van der Waals surface area contributed by atoms with Crippen LogP contribution in [-0.2, 0) is 14.4 Å². The van der Waals surface area contributed by atoms with Gasteiger partial charge in [0, 0.05) is 26.1 Å². The summed E-state index contributed by atoms with van der Waals surface area (Å²) < 4.78 is 0. The summed E-state index contributed by atoms with van der Waals surface area (Å²) in [5.41, 5.74) is 0. The first-order valence-corrected chi connectivity index (χ1v) is 5.74. The van der Waals surface area contributed by atoms with Crippen molar-refractivity contribution in [2.24, 2.45) is 5.92 Å². The molecule has 0 unspecified atom stereocenters. The fraction of sp³-hybridized carbons (Fsp3) is 0.818. The molecule has 0 aromatic carbocycles. The highest BCUT2D eigenvalue weighted by molar-refractivity contribution is 5.82. The van der Waals surface area contributed by atoms with E-state index >= 15 is 0 Å². The van der Waals surface area contributed by atoms with Crippen molar-refractivity contribution in [3.05, 3.63) is 0 Å². The molecule has 2 aliphatic rings. The lowest BCUT2D eigenvalue weighted by Crippen LogP contribution is -2.46. The van der Waals surface area contributed by atoms with Crippen molar-refractivity contribution < 1.29 is 14.4 Å². The number of rotatable bonds is 2. The Bertz CT molecular complexity index is 306. The Kier molecular flexibility index (Phi) is 3.14. The van der Waals surface area contributed by atoms with E-state index < -0.39 is 0 Å². The summed E-state index contributed by atoms with van der Waals surface area (Å²) in [6.07, 6.45) is 3.41. The zero-order valence-electron chi connectivity index (χ0n) is 9.81. The van der Waals surface area contributed by atoms with Gasteiger partial charge in [0.1, 0.15) is 0 Å². The quantitative estimate of drug-likeness (QED) is 0.641. The molecule has 2 amide bonds. The van der Waals surface area contributed by atoms with Crippen LogP contribution < -0.4 is 0 Å². The molecule has 5 nitrogen and oxygen atoms in total. The minimum absolute atomic E-state index is 0.0272. The van der Waals surface area contributed by atoms with Crippen LogP contribution in [0.15, 0.2) is 0 Å². The van der Waals surface area contributed by atoms with Crippen LogP contribution in [0.1, 0.15) is 25.7 Å². The third kappa shape index (κ3) is 1.91. The minimum atomic E-state index is -0.0942. The third-order valence-electron chi connectivity index (χ3n) is 3.65. The molecule has 0 radical (unpaired) electrons. The Labute approximate surface area is 95.3 Å². The van der Waals surface area contributed by atoms with Gasteiger partial charge in [0.15, 0.2) is 0 Å². The van der Waals surface area contributed by atoms with Gasteiger partial charge in [0.25, 0.3) is 5.91 Å². The molecule has 2 heterocycles. The highest BCUT2D eigenvalue weighted by Crippen LogP contribution is 2.31. The maximum atomic E-state index is 11.9. The van der Waals surface area contributed by atoms with Crippen LogP contribution in [0.3, 0.4) is 0 Å². The fourth-order valence-corrected chi connectivity index (χ4v) is 2.62. The zero-order chi connectivity index (χ0) is 11.7. The van der Waals surface area contributed by atoms with Gasteiger partial charge in [-0.05, 0) is 19.3 Å². The molecular weight excluding hydrogens is 208 g/mol. The van der Waals surface area contributed by atoms with Gasteiger partial charge in [-0.2, -0.15) is 0 Å². The average Bonchev–Trinajstić information content (AvgIpc) is 2.68. The van der Waals surface area contributed by atoms with Crippen LogP contribution in [-0.4, -0.2) is 48.5 Å². The van der Waals surface area contributed by atoms with E-state index in [-0.39, 0.29) is 17.7 Å². The summed E-state index contributed by atoms with van der Waals surface area (Å²) in [6.45, 7) is 0.566. The first kappa shape index (κ1) is 11.4. The summed E-state index contributed by atoms with van der Waals surface area (Å²) in [4.78, 5) is 30.2. The molecule has 16 heavy (non-hydrogen) atoms. The Morgan fingerprint density at radius 1 is 1.44 bits per heavy atom. The van der Waals surface area contributed by atoms with Crippen molar-refractivity contribution in [2.75, 3.05) is 20.7 Å². The smallest absolute Gasteiger partial charge is 0.250 e. The number of nitrogens with zero attached hydrogens (tertiary/aromatic N) is 2. The third-order valence-corrected chi connectivity index (χ3v) is 3.65. The van der Waals surface area contributed by atoms with E-state index in [1.807, 2.05) is 4.90 Å². The number of hydroxylamine groups is 2. The van der Waals surface area contributed by atoms with Crippen LogP contribution >= 0.6 is 0 Å². The number of hydrogen-bond donors (Lipinski definition) is 0. The van der Waals surface area contributed by atoms with E-state index in [0.717, 1.165) is 19.3 Å². The second-order valence-corrected chi connectivity index (χ2v) is 4.53. The standard InChI is InChI=1S/C11H18N2O3/c1-12(16-2)11(15)8-3-4-9-5-6-10(14)13(9)7-8/h8-9H,3-7H2,1-2H3/t8-,9+/m1/s1. The topological polar surface area (TPSA) is 49.9 Å². The first-order valence-electron chi connectivity index (χ1n) is 5.74. The van der Waals surface area contributed by atoms with E-state index in [1.54, 1.807) is 7.05 Å². The van der Waals surface area contributed by atoms with Gasteiger partial charge < -0.3 is 4.90 Å². The molecule has 0 saturated carbocycles. The average molecular weight is 226 g/mol. The SMILES string of the molecule is CON(C)C(=O)[C@@H]1CC[C@H]2CCC(=O)N2C1. The van der Waals surface area contributed by atoms with Crippen molar-refractivity contribution in [3.8, 4) is 0 Å². The molecule has 0 bridgehead atoms. The number of carbonyl (C=O) groups excluding carboxylic acids is 2. The van der Waals surface area contributed by atoms with Crippen molar-refractivity contribution in [3.63, 3.8) is 0 Å². The van der Waals surface area contributed by atoms with Gasteiger partial charge >= 0.3 is 0 Å². The molecule has 5 heteroatoms. The second-order valence-electron chi connectivity index (χ2n) is 4.53. The van der Waals surface area contributed by atoms with Crippen LogP contribution in [0, 0.1) is 5.92 Å². The Hall–Kier alpha value is -1.10. The molecule has 2 rings (SSSR count). The van der Waals surface area contributed by atoms with Gasteiger partial charge in [-0.1, -0.05) is 0 Å². The molecule has 2 saturated heterocycles. The molecule has 0 aromatic rings. The predicted octanol–water partition coefficient (Wildman–Crippen LogP) is 0.407. The molecule has 90 valence electrons. The zero-order valence-corrected chi connectivity index (χ0v) is 9.81. The molecule has 2 fully saturated rings. The van der Waals surface area contributed by atoms with E-state index in [1.165, 1.54) is 12.2 Å². The van der Waals surface area contributed by atoms with Crippen LogP contribution in [0.25, 0.3) is 0 Å². The Morgan fingerprint density at radius 3 is 2.88 bits per heavy atom. The molecule has 0 aliphatic carbocycles. The van der Waals surface area contributed by atoms with Gasteiger partial charge in [0.2, 0.25) is 5.91 Å². The first-order chi connectivity index (χ1) is 7.63. The lowest BCUT2D eigenvalue weighted by Gasteiger charge is -2.35. The van der Waals surface area contributed by atoms with Gasteiger partial charge in [-0.3, -0.25) is 14.4 Å². The number of carbonyl (C=O) groups is 2. The Morgan fingerprint density at radius 2 is 2.19 bits per heavy atom. The molecule has 0 N–H and O–H groups in total. The summed E-state index contributed by atoms with van der Waals surface area (Å²) in [5, 5.41) is 1.26. The van der Waals surface area contributed by atoms with E-state index in [0.29, 0.717) is 19.0 Å². The largest absolute Gasteiger partial charge is 0.339 e. The van der Waals surface area contributed by atoms with Crippen molar-refractivity contribution >= 4 is 11.8 Å². The van der Waals surface area contributed by atoms with E-state index in [2.05, 4.69) is 0 Å². The molecule has 0 spiro atoms. The van der Waals surface area contributed by atoms with Gasteiger partial charge in [-0.25, -0.2) is 5.06 Å². The maximum absolute atomic E-state index is 11.9. The summed E-state index contributed by atoms with van der Waals surface area (Å²) in [7, 11) is 3.09. The minimum Gasteiger partial charge on any atom is -0.339 e. The summed E-state index contributed by atoms with van der Waals surface area (Å²) in [5.74, 6) is 0.0754. The highest BCUT2D eigenvalue weighted by Gasteiger charge is 2.39. The van der Waals surface area contributed by atoms with Crippen molar-refractivity contribution in [1.82, 2.24) is 9.96 Å². The van der Waals surface area contributed by atoms with Gasteiger partial charge in [0.05, 0.1) is 13.0 Å². The number of piperidine rings is 1. The van der Waals surface area contributed by atoms with Crippen LogP contribution in [0.4, 0.5) is 0 Å². The monoisotopic (exact) mass is 226 g/mol. The van der Waals surface area contributed by atoms with E-state index in [4.69, 9.17) is 4.84 Å². The molecule has 0 aromatic heterocycles. The number of amides is 2. The Balaban J connectivity index is 1.99. The van der Waals surface area contributed by atoms with Crippen molar-refractivity contribution in [1.29, 1.82) is 0 Å². The lowest BCUT2D eigenvalue weighted by atomic mass is 9.92. The summed E-state index contributed by atoms with van der Waals surface area (Å²) >= 11 is 0. The predicted molar refractivity (Wildman–Crippen MR) is 57.2 cm³/mol. The van der Waals surface area contributed by atoms with Crippen LogP contribution in [0.2, 0.25) is 0 Å². The lowest BCUT2D eigenvalue weighted by molar-refractivity contribution is -0.175. The normalized spacial score (nSPS) is 29.1. The summed E-state index contributed by atoms with van der Waals surface area (Å²) in [6, 6.07) is 0.379. The fourth-order valence-electron chi connectivity index (χ4n) is 2.62. The second kappa shape index (κ2) is 4.41. The van der Waals surface area contributed by atoms with Crippen molar-refractivity contribution in [2.45, 2.75) is 31.7 Å². The highest BCUT2D eigenvalue weighted by atomic mass is 16.7. The maximum Gasteiger partial charge on any atom is 0.250 e. The molecular formula is C11H18N2O3. The molecule has 2 aliphatic heterocycles. The molecule has 2 atom stereocenters. The van der Waals surface area contributed by atoms with Crippen LogP contribution in [0.5, 0.6) is 0 Å². The van der Waals surface area contributed by atoms with E-state index in [9.17, 15) is 9.59 Å². The van der Waals surface area contributed by atoms with Gasteiger partial charge in [-0.15, -0.1) is 0 Å².